The molecule has 178 valence electrons. The van der Waals surface area contributed by atoms with Crippen LogP contribution in [0.4, 0.5) is 10.4 Å². The van der Waals surface area contributed by atoms with Gasteiger partial charge >= 0.3 is 0 Å². The van der Waals surface area contributed by atoms with E-state index in [9.17, 15) is 4.39 Å². The van der Waals surface area contributed by atoms with Gasteiger partial charge in [-0.25, -0.2) is 0 Å². The highest BCUT2D eigenvalue weighted by Gasteiger charge is 2.22. The molecule has 0 unspecified atom stereocenters. The monoisotopic (exact) mass is 457 g/mol. The first kappa shape index (κ1) is 23.3. The molecule has 8 heteroatoms. The summed E-state index contributed by atoms with van der Waals surface area (Å²) in [5, 5.41) is 12.5. The van der Waals surface area contributed by atoms with Gasteiger partial charge in [-0.05, 0) is 68.5 Å². The zero-order valence-corrected chi connectivity index (χ0v) is 19.3. The first-order chi connectivity index (χ1) is 16.1. The molecule has 7 nitrogen and oxygen atoms in total. The third kappa shape index (κ3) is 5.75. The number of oxazole rings is 1. The first-order valence-electron chi connectivity index (χ1n) is 11.7. The molecule has 1 saturated heterocycles. The lowest BCUT2D eigenvalue weighted by atomic mass is 10.0. The second kappa shape index (κ2) is 10.9. The summed E-state index contributed by atoms with van der Waals surface area (Å²) in [6.45, 7) is 7.13. The van der Waals surface area contributed by atoms with Gasteiger partial charge in [-0.2, -0.15) is 9.37 Å². The average Bonchev–Trinajstić information content (AvgIpc) is 3.20. The SMILES string of the molecule is CCOc1cc(CN2CCC(Nc3nc4cc(CCO)ccc4o3)CC2)cc(OCC)c1F. The predicted molar refractivity (Wildman–Crippen MR) is 125 cm³/mol. The third-order valence-electron chi connectivity index (χ3n) is 5.84. The Morgan fingerprint density at radius 1 is 1.09 bits per heavy atom. The van der Waals surface area contributed by atoms with E-state index < -0.39 is 5.82 Å². The number of rotatable bonds is 10. The molecule has 0 amide bonds. The summed E-state index contributed by atoms with van der Waals surface area (Å²) >= 11 is 0. The number of nitrogens with one attached hydrogen (secondary N) is 1. The molecule has 2 heterocycles. The summed E-state index contributed by atoms with van der Waals surface area (Å²) in [5.41, 5.74) is 3.56. The summed E-state index contributed by atoms with van der Waals surface area (Å²) in [5.74, 6) is 0.0494. The number of aliphatic hydroxyl groups excluding tert-OH is 1. The second-order valence-corrected chi connectivity index (χ2v) is 8.26. The summed E-state index contributed by atoms with van der Waals surface area (Å²) < 4.78 is 31.3. The Hall–Kier alpha value is -2.84. The van der Waals surface area contributed by atoms with E-state index in [0.29, 0.717) is 32.2 Å². The van der Waals surface area contributed by atoms with Gasteiger partial charge in [0.25, 0.3) is 6.01 Å². The van der Waals surface area contributed by atoms with Crippen LogP contribution in [0.5, 0.6) is 11.5 Å². The number of aliphatic hydroxyl groups is 1. The van der Waals surface area contributed by atoms with Gasteiger partial charge in [-0.3, -0.25) is 4.90 Å². The quantitative estimate of drug-likeness (QED) is 0.468. The minimum Gasteiger partial charge on any atom is -0.491 e. The predicted octanol–water partition coefficient (Wildman–Crippen LogP) is 4.38. The number of hydrogen-bond donors (Lipinski definition) is 2. The molecule has 2 aromatic carbocycles. The number of benzene rings is 2. The fourth-order valence-corrected chi connectivity index (χ4v) is 4.23. The van der Waals surface area contributed by atoms with Crippen molar-refractivity contribution in [2.24, 2.45) is 0 Å². The van der Waals surface area contributed by atoms with Crippen LogP contribution in [0.3, 0.4) is 0 Å². The molecule has 3 aromatic rings. The van der Waals surface area contributed by atoms with Gasteiger partial charge in [0.2, 0.25) is 5.82 Å². The van der Waals surface area contributed by atoms with E-state index in [0.717, 1.165) is 48.2 Å². The maximum absolute atomic E-state index is 14.5. The number of ether oxygens (including phenoxy) is 2. The van der Waals surface area contributed by atoms with Gasteiger partial charge in [0.15, 0.2) is 17.1 Å². The van der Waals surface area contributed by atoms with Gasteiger partial charge in [-0.1, -0.05) is 6.07 Å². The summed E-state index contributed by atoms with van der Waals surface area (Å²) in [4.78, 5) is 6.91. The van der Waals surface area contributed by atoms with E-state index in [1.807, 2.05) is 32.0 Å². The number of fused-ring (bicyclic) bond motifs is 1. The van der Waals surface area contributed by atoms with E-state index in [1.165, 1.54) is 0 Å². The largest absolute Gasteiger partial charge is 0.491 e. The molecular formula is C25H32FN3O4. The van der Waals surface area contributed by atoms with Crippen LogP contribution in [0, 0.1) is 5.82 Å². The number of likely N-dealkylation sites (tertiary alicyclic amines) is 1. The summed E-state index contributed by atoms with van der Waals surface area (Å²) in [7, 11) is 0. The van der Waals surface area contributed by atoms with Crippen molar-refractivity contribution in [2.45, 2.75) is 45.7 Å². The van der Waals surface area contributed by atoms with Crippen molar-refractivity contribution in [3.05, 3.63) is 47.3 Å². The standard InChI is InChI=1S/C25H32FN3O4/c1-3-31-22-14-18(15-23(24(22)26)32-4-2)16-29-10-7-19(8-11-29)27-25-28-20-13-17(9-12-30)5-6-21(20)33-25/h5-6,13-15,19,30H,3-4,7-12,16H2,1-2H3,(H,27,28). The Labute approximate surface area is 193 Å². The van der Waals surface area contributed by atoms with Gasteiger partial charge in [0.05, 0.1) is 13.2 Å². The zero-order valence-electron chi connectivity index (χ0n) is 19.3. The lowest BCUT2D eigenvalue weighted by Gasteiger charge is -2.32. The fourth-order valence-electron chi connectivity index (χ4n) is 4.23. The highest BCUT2D eigenvalue weighted by molar-refractivity contribution is 5.75. The fraction of sp³-hybridized carbons (Fsp3) is 0.480. The molecular weight excluding hydrogens is 425 g/mol. The van der Waals surface area contributed by atoms with Gasteiger partial charge < -0.3 is 24.3 Å². The van der Waals surface area contributed by atoms with Crippen LogP contribution in [-0.2, 0) is 13.0 Å². The topological polar surface area (TPSA) is 80.0 Å². The molecule has 0 spiro atoms. The Morgan fingerprint density at radius 2 is 1.79 bits per heavy atom. The van der Waals surface area contributed by atoms with E-state index in [4.69, 9.17) is 19.0 Å². The normalized spacial score (nSPS) is 15.2. The van der Waals surface area contributed by atoms with Crippen LogP contribution >= 0.6 is 0 Å². The van der Waals surface area contributed by atoms with Gasteiger partial charge in [-0.15, -0.1) is 0 Å². The number of nitrogens with zero attached hydrogens (tertiary/aromatic N) is 2. The lowest BCUT2D eigenvalue weighted by molar-refractivity contribution is 0.209. The molecule has 1 fully saturated rings. The highest BCUT2D eigenvalue weighted by atomic mass is 19.1. The number of halogens is 1. The van der Waals surface area contributed by atoms with Crippen molar-refractivity contribution in [2.75, 3.05) is 38.2 Å². The Morgan fingerprint density at radius 3 is 2.42 bits per heavy atom. The van der Waals surface area contributed by atoms with Crippen molar-refractivity contribution in [3.8, 4) is 11.5 Å². The minimum absolute atomic E-state index is 0.116. The highest BCUT2D eigenvalue weighted by Crippen LogP contribution is 2.30. The van der Waals surface area contributed by atoms with Crippen molar-refractivity contribution in [1.29, 1.82) is 0 Å². The Balaban J connectivity index is 1.35. The molecule has 33 heavy (non-hydrogen) atoms. The van der Waals surface area contributed by atoms with Crippen LogP contribution < -0.4 is 14.8 Å². The average molecular weight is 458 g/mol. The number of anilines is 1. The molecule has 0 radical (unpaired) electrons. The number of piperidine rings is 1. The lowest BCUT2D eigenvalue weighted by Crippen LogP contribution is -2.38. The van der Waals surface area contributed by atoms with Crippen molar-refractivity contribution >= 4 is 17.1 Å². The zero-order chi connectivity index (χ0) is 23.2. The van der Waals surface area contributed by atoms with Crippen molar-refractivity contribution in [3.63, 3.8) is 0 Å². The smallest absolute Gasteiger partial charge is 0.295 e. The number of aromatic nitrogens is 1. The molecule has 0 aliphatic carbocycles. The molecule has 1 aliphatic heterocycles. The molecule has 1 aromatic heterocycles. The van der Waals surface area contributed by atoms with Crippen LogP contribution in [0.1, 0.15) is 37.8 Å². The van der Waals surface area contributed by atoms with E-state index in [-0.39, 0.29) is 24.1 Å². The van der Waals surface area contributed by atoms with Crippen molar-refractivity contribution < 1.29 is 23.4 Å². The van der Waals surface area contributed by atoms with E-state index >= 15 is 0 Å². The molecule has 2 N–H and O–H groups in total. The Bertz CT molecular complexity index is 1040. The van der Waals surface area contributed by atoms with Gasteiger partial charge in [0, 0.05) is 32.3 Å². The van der Waals surface area contributed by atoms with Crippen molar-refractivity contribution in [1.82, 2.24) is 9.88 Å². The molecule has 1 aliphatic rings. The van der Waals surface area contributed by atoms with E-state index in [1.54, 1.807) is 12.1 Å². The Kier molecular flexibility index (Phi) is 7.67. The number of hydrogen-bond acceptors (Lipinski definition) is 7. The van der Waals surface area contributed by atoms with Crippen LogP contribution in [0.2, 0.25) is 0 Å². The van der Waals surface area contributed by atoms with E-state index in [2.05, 4.69) is 15.2 Å². The first-order valence-corrected chi connectivity index (χ1v) is 11.7. The van der Waals surface area contributed by atoms with Gasteiger partial charge in [0.1, 0.15) is 5.52 Å². The molecule has 0 bridgehead atoms. The van der Waals surface area contributed by atoms with Crippen LogP contribution in [-0.4, -0.2) is 53.9 Å². The summed E-state index contributed by atoms with van der Waals surface area (Å²) in [6, 6.07) is 10.2. The van der Waals surface area contributed by atoms with Crippen LogP contribution in [0.25, 0.3) is 11.1 Å². The van der Waals surface area contributed by atoms with Crippen LogP contribution in [0.15, 0.2) is 34.7 Å². The molecule has 4 rings (SSSR count). The second-order valence-electron chi connectivity index (χ2n) is 8.26. The maximum atomic E-state index is 14.5. The maximum Gasteiger partial charge on any atom is 0.295 e. The molecule has 0 atom stereocenters. The summed E-state index contributed by atoms with van der Waals surface area (Å²) in [6.07, 6.45) is 2.51. The molecule has 0 saturated carbocycles. The third-order valence-corrected chi connectivity index (χ3v) is 5.84. The minimum atomic E-state index is -0.438.